The number of nitrogens with zero attached hydrogens (tertiary/aromatic N) is 1. The molecule has 97 valence electrons. The third-order valence-electron chi connectivity index (χ3n) is 0.942. The normalized spacial score (nSPS) is 4.00. The summed E-state index contributed by atoms with van der Waals surface area (Å²) in [5.41, 5.74) is 1.11. The molecule has 0 aliphatic heterocycles. The Morgan fingerprint density at radius 1 is 0.765 bits per heavy atom. The van der Waals surface area contributed by atoms with Gasteiger partial charge in [-0.2, -0.15) is 0 Å². The van der Waals surface area contributed by atoms with Gasteiger partial charge in [0.15, 0.2) is 0 Å². The molecule has 0 spiro atoms. The van der Waals surface area contributed by atoms with E-state index in [0.717, 1.165) is 5.56 Å². The van der Waals surface area contributed by atoms with Crippen LogP contribution in [0.2, 0.25) is 0 Å². The largest absolute Gasteiger partial charge is 0.358 e. The molecular formula is C13H25NY3-6. The van der Waals surface area contributed by atoms with Crippen LogP contribution in [0.1, 0.15) is 5.56 Å². The average molecular weight is 462 g/mol. The van der Waals surface area contributed by atoms with Gasteiger partial charge in [-0.25, -0.2) is 0 Å². The van der Waals surface area contributed by atoms with Crippen LogP contribution in [0.25, 0.3) is 6.08 Å². The number of rotatable bonds is 1. The second-order valence-corrected chi connectivity index (χ2v) is 1.48. The van der Waals surface area contributed by atoms with E-state index in [1.807, 2.05) is 12.1 Å². The van der Waals surface area contributed by atoms with Crippen molar-refractivity contribution in [3.8, 4) is 0 Å². The first-order chi connectivity index (χ1) is 3.93. The predicted octanol–water partition coefficient (Wildman–Crippen LogP) is 4.42. The van der Waals surface area contributed by atoms with Crippen LogP contribution >= 0.6 is 0 Å². The van der Waals surface area contributed by atoms with Crippen LogP contribution in [0.4, 0.5) is 0 Å². The van der Waals surface area contributed by atoms with E-state index in [1.165, 1.54) is 0 Å². The minimum Gasteiger partial charge on any atom is -0.358 e. The molecule has 1 nitrogen and oxygen atoms in total. The number of hydrogen-bond donors (Lipinski definition) is 0. The number of hydrogen-bond acceptors (Lipinski definition) is 1. The van der Waals surface area contributed by atoms with Crippen LogP contribution in [0.5, 0.6) is 0 Å². The van der Waals surface area contributed by atoms with Gasteiger partial charge in [0.1, 0.15) is 0 Å². The van der Waals surface area contributed by atoms with Gasteiger partial charge in [0.2, 0.25) is 0 Å². The molecule has 0 N–H and O–H groups in total. The molecule has 0 amide bonds. The SMILES string of the molecule is C=Cc1ccncc1.[CH3-].[CH3-].[CH3-].[CH3-].[CH3-].[CH3-].[Y].[Y].[Y]. The van der Waals surface area contributed by atoms with Gasteiger partial charge in [0.25, 0.3) is 0 Å². The van der Waals surface area contributed by atoms with Crippen LogP contribution in [0.3, 0.4) is 0 Å². The van der Waals surface area contributed by atoms with E-state index in [2.05, 4.69) is 11.6 Å². The summed E-state index contributed by atoms with van der Waals surface area (Å²) in [4.78, 5) is 3.85. The molecule has 1 aromatic heterocycles. The first-order valence-corrected chi connectivity index (χ1v) is 2.46. The Hall–Kier alpha value is 2.20. The van der Waals surface area contributed by atoms with E-state index >= 15 is 0 Å². The Bertz CT molecular complexity index is 179. The molecule has 0 atom stereocenters. The van der Waals surface area contributed by atoms with Crippen molar-refractivity contribution >= 4 is 6.08 Å². The van der Waals surface area contributed by atoms with Gasteiger partial charge in [0, 0.05) is 111 Å². The summed E-state index contributed by atoms with van der Waals surface area (Å²) >= 11 is 0. The van der Waals surface area contributed by atoms with E-state index in [1.54, 1.807) is 18.5 Å². The third-order valence-corrected chi connectivity index (χ3v) is 0.942. The van der Waals surface area contributed by atoms with Crippen LogP contribution < -0.4 is 0 Å². The zero-order valence-corrected chi connectivity index (χ0v) is 20.8. The summed E-state index contributed by atoms with van der Waals surface area (Å²) in [6.07, 6.45) is 5.29. The molecule has 1 rings (SSSR count). The monoisotopic (exact) mass is 462 g/mol. The molecule has 1 heterocycles. The molecular weight excluding hydrogens is 437 g/mol. The van der Waals surface area contributed by atoms with Gasteiger partial charge in [-0.15, -0.1) is 0 Å². The molecule has 0 saturated carbocycles. The van der Waals surface area contributed by atoms with E-state index < -0.39 is 0 Å². The number of pyridine rings is 1. The Labute approximate surface area is 187 Å². The molecule has 0 unspecified atom stereocenters. The second kappa shape index (κ2) is 42.9. The minimum atomic E-state index is 0. The smallest absolute Gasteiger partial charge is 0.0273 e. The summed E-state index contributed by atoms with van der Waals surface area (Å²) in [6, 6.07) is 3.82. The summed E-state index contributed by atoms with van der Waals surface area (Å²) in [5, 5.41) is 0. The summed E-state index contributed by atoms with van der Waals surface area (Å²) < 4.78 is 0. The zero-order valence-electron chi connectivity index (χ0n) is 12.3. The van der Waals surface area contributed by atoms with Crippen LogP contribution in [0.15, 0.2) is 31.1 Å². The second-order valence-electron chi connectivity index (χ2n) is 1.48. The Morgan fingerprint density at radius 2 is 1.06 bits per heavy atom. The Balaban J connectivity index is -0.0000000102. The van der Waals surface area contributed by atoms with Gasteiger partial charge < -0.3 is 44.6 Å². The summed E-state index contributed by atoms with van der Waals surface area (Å²) in [7, 11) is 0. The van der Waals surface area contributed by atoms with Crippen molar-refractivity contribution < 1.29 is 98.1 Å². The van der Waals surface area contributed by atoms with Gasteiger partial charge in [-0.3, -0.25) is 4.98 Å². The maximum Gasteiger partial charge on any atom is 0.0273 e. The van der Waals surface area contributed by atoms with E-state index in [0.29, 0.717) is 0 Å². The first-order valence-electron chi connectivity index (χ1n) is 2.46. The average Bonchev–Trinajstić information content (AvgIpc) is 1.90. The summed E-state index contributed by atoms with van der Waals surface area (Å²) in [6.45, 7) is 3.60. The van der Waals surface area contributed by atoms with E-state index in [-0.39, 0.29) is 143 Å². The molecule has 3 radical (unpaired) electrons. The quantitative estimate of drug-likeness (QED) is 0.564. The molecule has 17 heavy (non-hydrogen) atoms. The van der Waals surface area contributed by atoms with Crippen LogP contribution in [-0.4, -0.2) is 4.98 Å². The zero-order chi connectivity index (χ0) is 5.82. The standard InChI is InChI=1S/C7H7N.6CH3.3Y/c1-2-7-3-5-8-6-4-7;;;;;;;;;/h2-6H,1H2;6*1H3;;;/q;6*-1;;;. The predicted molar refractivity (Wildman–Crippen MR) is 72.8 cm³/mol. The fourth-order valence-electron chi connectivity index (χ4n) is 0.500. The topological polar surface area (TPSA) is 12.9 Å². The molecule has 0 aromatic carbocycles. The van der Waals surface area contributed by atoms with Crippen molar-refractivity contribution in [3.05, 3.63) is 81.2 Å². The van der Waals surface area contributed by atoms with Crippen molar-refractivity contribution in [2.45, 2.75) is 0 Å². The molecule has 1 aromatic rings. The van der Waals surface area contributed by atoms with Crippen molar-refractivity contribution in [1.82, 2.24) is 4.98 Å². The molecule has 0 bridgehead atoms. The van der Waals surface area contributed by atoms with Crippen LogP contribution in [-0.2, 0) is 98.1 Å². The van der Waals surface area contributed by atoms with Crippen molar-refractivity contribution in [2.75, 3.05) is 0 Å². The molecule has 0 aliphatic rings. The molecule has 0 aliphatic carbocycles. The van der Waals surface area contributed by atoms with Crippen molar-refractivity contribution in [1.29, 1.82) is 0 Å². The van der Waals surface area contributed by atoms with Crippen molar-refractivity contribution in [2.24, 2.45) is 0 Å². The Kier molecular flexibility index (Phi) is 154. The minimum absolute atomic E-state index is 0. The third kappa shape index (κ3) is 32.1. The summed E-state index contributed by atoms with van der Waals surface area (Å²) in [5.74, 6) is 0. The first kappa shape index (κ1) is 61.1. The molecule has 0 fully saturated rings. The fourth-order valence-corrected chi connectivity index (χ4v) is 0.500. The fraction of sp³-hybridized carbons (Fsp3) is 0. The van der Waals surface area contributed by atoms with Crippen molar-refractivity contribution in [3.63, 3.8) is 0 Å². The molecule has 4 heteroatoms. The van der Waals surface area contributed by atoms with E-state index in [4.69, 9.17) is 0 Å². The van der Waals surface area contributed by atoms with Gasteiger partial charge in [0.05, 0.1) is 0 Å². The number of aromatic nitrogens is 1. The van der Waals surface area contributed by atoms with E-state index in [9.17, 15) is 0 Å². The maximum absolute atomic E-state index is 3.85. The van der Waals surface area contributed by atoms with Gasteiger partial charge in [-0.1, -0.05) is 12.7 Å². The van der Waals surface area contributed by atoms with Gasteiger partial charge in [-0.05, 0) is 17.7 Å². The molecule has 0 saturated heterocycles. The maximum atomic E-state index is 3.85. The van der Waals surface area contributed by atoms with Crippen LogP contribution in [0, 0.1) is 44.6 Å². The van der Waals surface area contributed by atoms with Gasteiger partial charge >= 0.3 is 0 Å². The Morgan fingerprint density at radius 3 is 1.24 bits per heavy atom.